The number of hydrogen-bond acceptors (Lipinski definition) is 5. The molecule has 2 aromatic rings. The van der Waals surface area contributed by atoms with Gasteiger partial charge in [-0.05, 0) is 31.4 Å². The molecule has 154 valence electrons. The van der Waals surface area contributed by atoms with E-state index in [0.717, 1.165) is 54.4 Å². The maximum absolute atomic E-state index is 12.5. The van der Waals surface area contributed by atoms with Crippen LogP contribution in [0, 0.1) is 6.92 Å². The van der Waals surface area contributed by atoms with Gasteiger partial charge in [-0.25, -0.2) is 0 Å². The highest BCUT2D eigenvalue weighted by atomic mass is 35.5. The second-order valence-electron chi connectivity index (χ2n) is 6.98. The zero-order chi connectivity index (χ0) is 17.9. The fourth-order valence-electron chi connectivity index (χ4n) is 3.54. The van der Waals surface area contributed by atoms with E-state index in [1.165, 1.54) is 12.8 Å². The van der Waals surface area contributed by atoms with E-state index in [4.69, 9.17) is 4.74 Å². The molecule has 2 aliphatic heterocycles. The molecule has 1 unspecified atom stereocenters. The molecule has 2 aliphatic rings. The van der Waals surface area contributed by atoms with Crippen LogP contribution in [0.15, 0.2) is 18.2 Å². The minimum absolute atomic E-state index is 0. The number of benzene rings is 1. The lowest BCUT2D eigenvalue weighted by molar-refractivity contribution is -0.128. The number of halogens is 2. The molecule has 2 N–H and O–H groups in total. The van der Waals surface area contributed by atoms with Crippen molar-refractivity contribution in [1.82, 2.24) is 20.1 Å². The van der Waals surface area contributed by atoms with Crippen molar-refractivity contribution in [3.63, 3.8) is 0 Å². The second kappa shape index (κ2) is 10.2. The summed E-state index contributed by atoms with van der Waals surface area (Å²) in [6.07, 6.45) is 4.08. The molecule has 28 heavy (non-hydrogen) atoms. The van der Waals surface area contributed by atoms with Crippen LogP contribution >= 0.6 is 24.8 Å². The number of amides is 1. The standard InChI is InChI=1S/C19H25N5O2.2ClH/c1-13-6-7-14(18-23-22-17-5-3-2-4-9-24(17)18)11-15(13)21-19(25)16-12-20-8-10-26-16;;/h6-7,11,16,20H,2-5,8-10,12H2,1H3,(H,21,25);2*1H. The maximum atomic E-state index is 12.5. The topological polar surface area (TPSA) is 81.1 Å². The largest absolute Gasteiger partial charge is 0.366 e. The van der Waals surface area contributed by atoms with Gasteiger partial charge < -0.3 is 19.9 Å². The molecule has 3 heterocycles. The van der Waals surface area contributed by atoms with Crippen molar-refractivity contribution in [3.8, 4) is 11.4 Å². The number of rotatable bonds is 3. The Kier molecular flexibility index (Phi) is 8.24. The Morgan fingerprint density at radius 3 is 2.89 bits per heavy atom. The molecular formula is C19H27Cl2N5O2. The Bertz CT molecular complexity index is 806. The number of ether oxygens (including phenoxy) is 1. The summed E-state index contributed by atoms with van der Waals surface area (Å²) < 4.78 is 7.76. The fourth-order valence-corrected chi connectivity index (χ4v) is 3.54. The molecule has 1 fully saturated rings. The molecule has 1 atom stereocenters. The Morgan fingerprint density at radius 1 is 1.25 bits per heavy atom. The first-order chi connectivity index (χ1) is 12.7. The number of aryl methyl sites for hydroxylation is 2. The third-order valence-corrected chi connectivity index (χ3v) is 5.08. The summed E-state index contributed by atoms with van der Waals surface area (Å²) >= 11 is 0. The predicted octanol–water partition coefficient (Wildman–Crippen LogP) is 2.75. The van der Waals surface area contributed by atoms with E-state index in [1.807, 2.05) is 25.1 Å². The van der Waals surface area contributed by atoms with Gasteiger partial charge in [-0.2, -0.15) is 0 Å². The molecule has 0 saturated carbocycles. The van der Waals surface area contributed by atoms with Gasteiger partial charge in [0.25, 0.3) is 5.91 Å². The van der Waals surface area contributed by atoms with Gasteiger partial charge >= 0.3 is 0 Å². The summed E-state index contributed by atoms with van der Waals surface area (Å²) in [6.45, 7) is 4.83. The van der Waals surface area contributed by atoms with Crippen molar-refractivity contribution in [2.75, 3.05) is 25.0 Å². The van der Waals surface area contributed by atoms with Crippen LogP contribution in [-0.4, -0.2) is 46.5 Å². The van der Waals surface area contributed by atoms with Crippen molar-refractivity contribution in [2.45, 2.75) is 45.3 Å². The molecule has 1 amide bonds. The van der Waals surface area contributed by atoms with Gasteiger partial charge in [0.1, 0.15) is 11.9 Å². The van der Waals surface area contributed by atoms with Crippen molar-refractivity contribution in [1.29, 1.82) is 0 Å². The van der Waals surface area contributed by atoms with Crippen molar-refractivity contribution < 1.29 is 9.53 Å². The lowest BCUT2D eigenvalue weighted by Gasteiger charge is -2.23. The molecular weight excluding hydrogens is 401 g/mol. The highest BCUT2D eigenvalue weighted by Crippen LogP contribution is 2.27. The van der Waals surface area contributed by atoms with E-state index in [-0.39, 0.29) is 30.7 Å². The summed E-state index contributed by atoms with van der Waals surface area (Å²) in [5.41, 5.74) is 2.79. The van der Waals surface area contributed by atoms with E-state index in [9.17, 15) is 4.79 Å². The van der Waals surface area contributed by atoms with E-state index in [2.05, 4.69) is 25.4 Å². The van der Waals surface area contributed by atoms with Gasteiger partial charge in [-0.15, -0.1) is 35.0 Å². The molecule has 4 rings (SSSR count). The van der Waals surface area contributed by atoms with Crippen LogP contribution < -0.4 is 10.6 Å². The first-order valence-electron chi connectivity index (χ1n) is 9.38. The van der Waals surface area contributed by atoms with E-state index in [0.29, 0.717) is 13.2 Å². The van der Waals surface area contributed by atoms with Gasteiger partial charge in [-0.3, -0.25) is 4.79 Å². The summed E-state index contributed by atoms with van der Waals surface area (Å²) in [5, 5.41) is 15.0. The number of nitrogens with one attached hydrogen (secondary N) is 2. The number of carbonyl (C=O) groups excluding carboxylic acids is 1. The molecule has 7 nitrogen and oxygen atoms in total. The van der Waals surface area contributed by atoms with E-state index >= 15 is 0 Å². The monoisotopic (exact) mass is 427 g/mol. The number of hydrogen-bond donors (Lipinski definition) is 2. The molecule has 1 saturated heterocycles. The van der Waals surface area contributed by atoms with Crippen LogP contribution in [0.2, 0.25) is 0 Å². The minimum Gasteiger partial charge on any atom is -0.366 e. The Hall–Kier alpha value is -1.67. The van der Waals surface area contributed by atoms with Crippen molar-refractivity contribution in [3.05, 3.63) is 29.6 Å². The van der Waals surface area contributed by atoms with Crippen LogP contribution in [0.4, 0.5) is 5.69 Å². The third kappa shape index (κ3) is 4.84. The second-order valence-corrected chi connectivity index (χ2v) is 6.98. The molecule has 1 aromatic heterocycles. The number of fused-ring (bicyclic) bond motifs is 1. The predicted molar refractivity (Wildman–Crippen MR) is 113 cm³/mol. The molecule has 0 bridgehead atoms. The molecule has 0 spiro atoms. The molecule has 0 aliphatic carbocycles. The van der Waals surface area contributed by atoms with Crippen LogP contribution in [0.1, 0.15) is 30.7 Å². The van der Waals surface area contributed by atoms with Gasteiger partial charge in [0.2, 0.25) is 0 Å². The smallest absolute Gasteiger partial charge is 0.254 e. The van der Waals surface area contributed by atoms with E-state index < -0.39 is 6.10 Å². The summed E-state index contributed by atoms with van der Waals surface area (Å²) in [7, 11) is 0. The first-order valence-corrected chi connectivity index (χ1v) is 9.38. The lowest BCUT2D eigenvalue weighted by Crippen LogP contribution is -2.45. The average Bonchev–Trinajstić information content (AvgIpc) is 2.92. The van der Waals surface area contributed by atoms with Gasteiger partial charge in [0.05, 0.1) is 6.61 Å². The zero-order valence-electron chi connectivity index (χ0n) is 15.9. The highest BCUT2D eigenvalue weighted by molar-refractivity contribution is 5.95. The third-order valence-electron chi connectivity index (χ3n) is 5.08. The fraction of sp³-hybridized carbons (Fsp3) is 0.526. The summed E-state index contributed by atoms with van der Waals surface area (Å²) in [4.78, 5) is 12.5. The van der Waals surface area contributed by atoms with E-state index in [1.54, 1.807) is 0 Å². The van der Waals surface area contributed by atoms with Crippen molar-refractivity contribution in [2.24, 2.45) is 0 Å². The van der Waals surface area contributed by atoms with Crippen molar-refractivity contribution >= 4 is 36.4 Å². The molecule has 9 heteroatoms. The first kappa shape index (κ1) is 22.6. The Morgan fingerprint density at radius 2 is 2.11 bits per heavy atom. The number of morpholine rings is 1. The number of carbonyl (C=O) groups is 1. The molecule has 0 radical (unpaired) electrons. The number of anilines is 1. The normalized spacial score (nSPS) is 18.8. The van der Waals surface area contributed by atoms with Gasteiger partial charge in [-0.1, -0.05) is 18.6 Å². The van der Waals surface area contributed by atoms with Gasteiger partial charge in [0.15, 0.2) is 5.82 Å². The molecule has 1 aromatic carbocycles. The highest BCUT2D eigenvalue weighted by Gasteiger charge is 2.23. The Balaban J connectivity index is 0.00000140. The summed E-state index contributed by atoms with van der Waals surface area (Å²) in [5.74, 6) is 1.83. The number of aromatic nitrogens is 3. The van der Waals surface area contributed by atoms with Crippen LogP contribution in [0.25, 0.3) is 11.4 Å². The lowest BCUT2D eigenvalue weighted by atomic mass is 10.1. The van der Waals surface area contributed by atoms with Gasteiger partial charge in [0, 0.05) is 37.3 Å². The van der Waals surface area contributed by atoms with Crippen LogP contribution in [0.5, 0.6) is 0 Å². The van der Waals surface area contributed by atoms with Crippen LogP contribution in [0.3, 0.4) is 0 Å². The minimum atomic E-state index is -0.448. The van der Waals surface area contributed by atoms with Crippen LogP contribution in [-0.2, 0) is 22.5 Å². The summed E-state index contributed by atoms with van der Waals surface area (Å²) in [6, 6.07) is 6.06. The quantitative estimate of drug-likeness (QED) is 0.786. The Labute approximate surface area is 177 Å². The maximum Gasteiger partial charge on any atom is 0.254 e. The number of nitrogens with zero attached hydrogens (tertiary/aromatic N) is 3. The zero-order valence-corrected chi connectivity index (χ0v) is 17.6. The SMILES string of the molecule is Cc1ccc(-c2nnc3n2CCCCC3)cc1NC(=O)C1CNCCO1.Cl.Cl. The average molecular weight is 428 g/mol.